The van der Waals surface area contributed by atoms with Gasteiger partial charge in [-0.15, -0.1) is 0 Å². The molecule has 0 bridgehead atoms. The molecule has 2 unspecified atom stereocenters. The molecule has 1 heterocycles. The van der Waals surface area contributed by atoms with E-state index in [1.165, 1.54) is 18.7 Å². The fraction of sp³-hybridized carbons (Fsp3) is 0.852. The minimum atomic E-state index is -5.55. The summed E-state index contributed by atoms with van der Waals surface area (Å²) in [7, 11) is -2.40. The predicted octanol–water partition coefficient (Wildman–Crippen LogP) is 7.23. The molecule has 1 aliphatic heterocycles. The summed E-state index contributed by atoms with van der Waals surface area (Å²) in [6.45, 7) is 13.9. The van der Waals surface area contributed by atoms with Crippen LogP contribution in [0.2, 0.25) is 0 Å². The highest BCUT2D eigenvalue weighted by Gasteiger charge is 2.53. The van der Waals surface area contributed by atoms with Crippen molar-refractivity contribution >= 4 is 17.2 Å². The molecule has 0 radical (unpaired) electrons. The van der Waals surface area contributed by atoms with Gasteiger partial charge in [0.05, 0.1) is 24.4 Å². The van der Waals surface area contributed by atoms with E-state index in [1.54, 1.807) is 7.11 Å². The SMILES string of the molecule is C.C.COCC1(C)CC=C(B2OC(C)(C)C(C)(C)O2)CC1.COCC1(C)CC=C(OS(=O)(=O)C(F)(F)F)CC1. The minimum absolute atomic E-state index is 0. The smallest absolute Gasteiger partial charge is 0.400 e. The monoisotopic (exact) mass is 586 g/mol. The van der Waals surface area contributed by atoms with Crippen LogP contribution < -0.4 is 0 Å². The lowest BCUT2D eigenvalue weighted by Gasteiger charge is -2.32. The zero-order chi connectivity index (χ0) is 28.3. The normalized spacial score (nSPS) is 28.1. The van der Waals surface area contributed by atoms with E-state index >= 15 is 0 Å². The largest absolute Gasteiger partial charge is 0.534 e. The third-order valence-electron chi connectivity index (χ3n) is 7.71. The lowest BCUT2D eigenvalue weighted by Crippen LogP contribution is -2.41. The molecule has 3 rings (SSSR count). The summed E-state index contributed by atoms with van der Waals surface area (Å²) in [5.74, 6) is -0.152. The number of halogens is 3. The zero-order valence-corrected chi connectivity index (χ0v) is 24.1. The van der Waals surface area contributed by atoms with Gasteiger partial charge in [-0.05, 0) is 82.2 Å². The highest BCUT2D eigenvalue weighted by molar-refractivity contribution is 7.87. The molecule has 0 N–H and O–H groups in total. The van der Waals surface area contributed by atoms with Gasteiger partial charge >= 0.3 is 22.7 Å². The van der Waals surface area contributed by atoms with Gasteiger partial charge in [0, 0.05) is 20.6 Å². The molecule has 0 spiro atoms. The topological polar surface area (TPSA) is 80.3 Å². The molecule has 0 saturated carbocycles. The van der Waals surface area contributed by atoms with Gasteiger partial charge in [-0.2, -0.15) is 21.6 Å². The molecule has 2 aliphatic carbocycles. The summed E-state index contributed by atoms with van der Waals surface area (Å²) in [6.07, 6.45) is 7.98. The number of methoxy groups -OCH3 is 2. The number of hydrogen-bond acceptors (Lipinski definition) is 7. The molecule has 0 aromatic heterocycles. The Labute approximate surface area is 235 Å². The van der Waals surface area contributed by atoms with Gasteiger partial charge < -0.3 is 23.0 Å². The molecular weight excluding hydrogens is 536 g/mol. The van der Waals surface area contributed by atoms with E-state index < -0.39 is 15.6 Å². The summed E-state index contributed by atoms with van der Waals surface area (Å²) in [4.78, 5) is 0. The summed E-state index contributed by atoms with van der Waals surface area (Å²) >= 11 is 0. The summed E-state index contributed by atoms with van der Waals surface area (Å²) in [5, 5.41) is 0. The number of rotatable bonds is 7. The minimum Gasteiger partial charge on any atom is -0.400 e. The average Bonchev–Trinajstić information content (AvgIpc) is 2.97. The molecule has 0 aromatic carbocycles. The van der Waals surface area contributed by atoms with Crippen molar-refractivity contribution in [3.8, 4) is 0 Å². The van der Waals surface area contributed by atoms with Gasteiger partial charge in [0.1, 0.15) is 5.76 Å². The number of ether oxygens (including phenoxy) is 2. The van der Waals surface area contributed by atoms with Crippen LogP contribution in [0, 0.1) is 10.8 Å². The molecule has 0 amide bonds. The van der Waals surface area contributed by atoms with Crippen molar-refractivity contribution in [3.05, 3.63) is 23.4 Å². The van der Waals surface area contributed by atoms with E-state index in [-0.39, 0.29) is 56.2 Å². The van der Waals surface area contributed by atoms with Crippen LogP contribution in [0.3, 0.4) is 0 Å². The Balaban J connectivity index is 0.000000706. The maximum absolute atomic E-state index is 12.1. The van der Waals surface area contributed by atoms with E-state index in [0.29, 0.717) is 19.4 Å². The van der Waals surface area contributed by atoms with Crippen molar-refractivity contribution in [2.24, 2.45) is 10.8 Å². The van der Waals surface area contributed by atoms with Gasteiger partial charge in [-0.25, -0.2) is 0 Å². The molecule has 3 aliphatic rings. The molecule has 0 aromatic rings. The van der Waals surface area contributed by atoms with Crippen molar-refractivity contribution in [3.63, 3.8) is 0 Å². The van der Waals surface area contributed by atoms with E-state index in [0.717, 1.165) is 25.9 Å². The maximum Gasteiger partial charge on any atom is 0.534 e. The Bertz CT molecular complexity index is 947. The van der Waals surface area contributed by atoms with Gasteiger partial charge in [-0.1, -0.05) is 34.8 Å². The molecule has 1 fully saturated rings. The maximum atomic E-state index is 12.1. The van der Waals surface area contributed by atoms with Crippen LogP contribution in [0.1, 0.15) is 94.9 Å². The quantitative estimate of drug-likeness (QED) is 0.177. The first-order valence-corrected chi connectivity index (χ1v) is 13.9. The van der Waals surface area contributed by atoms with E-state index in [2.05, 4.69) is 44.9 Å². The molecule has 12 heteroatoms. The molecular formula is C27H50BF3O7S. The zero-order valence-electron chi connectivity index (χ0n) is 23.3. The highest BCUT2D eigenvalue weighted by Crippen LogP contribution is 2.43. The first kappa shape index (κ1) is 37.9. The second-order valence-electron chi connectivity index (χ2n) is 11.9. The second kappa shape index (κ2) is 13.7. The Morgan fingerprint density at radius 2 is 1.28 bits per heavy atom. The van der Waals surface area contributed by atoms with Crippen LogP contribution in [0.4, 0.5) is 13.2 Å². The molecule has 2 atom stereocenters. The third kappa shape index (κ3) is 9.76. The van der Waals surface area contributed by atoms with Gasteiger partial charge in [-0.3, -0.25) is 0 Å². The van der Waals surface area contributed by atoms with Crippen LogP contribution in [0.15, 0.2) is 23.4 Å². The summed E-state index contributed by atoms with van der Waals surface area (Å²) in [6, 6.07) is 0. The average molecular weight is 587 g/mol. The van der Waals surface area contributed by atoms with Crippen molar-refractivity contribution in [1.82, 2.24) is 0 Å². The van der Waals surface area contributed by atoms with E-state index in [4.69, 9.17) is 18.8 Å². The first-order valence-electron chi connectivity index (χ1n) is 12.5. The Morgan fingerprint density at radius 3 is 1.62 bits per heavy atom. The fourth-order valence-electron chi connectivity index (χ4n) is 4.45. The first-order chi connectivity index (χ1) is 16.8. The van der Waals surface area contributed by atoms with Gasteiger partial charge in [0.25, 0.3) is 0 Å². The lowest BCUT2D eigenvalue weighted by atomic mass is 9.66. The highest BCUT2D eigenvalue weighted by atomic mass is 32.2. The number of alkyl halides is 3. The molecule has 7 nitrogen and oxygen atoms in total. The standard InChI is InChI=1S/C15H27BO3.C10H15F3O4S.2CH4/c1-13(2)14(3,4)19-16(18-13)12-7-9-15(5,10-8-12)11-17-6;1-9(7-16-2)5-3-8(4-6-9)17-18(14,15)10(11,12)13;;/h7H,8-11H2,1-6H3;3H,4-7H2,1-2H3;2*1H4. The van der Waals surface area contributed by atoms with Crippen LogP contribution in [-0.2, 0) is 33.1 Å². The molecule has 230 valence electrons. The number of hydrogen-bond donors (Lipinski definition) is 0. The van der Waals surface area contributed by atoms with Gasteiger partial charge in [0.2, 0.25) is 0 Å². The third-order valence-corrected chi connectivity index (χ3v) is 8.71. The fourth-order valence-corrected chi connectivity index (χ4v) is 4.98. The van der Waals surface area contributed by atoms with E-state index in [9.17, 15) is 21.6 Å². The van der Waals surface area contributed by atoms with Crippen LogP contribution in [0.5, 0.6) is 0 Å². The van der Waals surface area contributed by atoms with E-state index in [1.807, 2.05) is 6.92 Å². The van der Waals surface area contributed by atoms with Crippen molar-refractivity contribution < 1.29 is 44.6 Å². The summed E-state index contributed by atoms with van der Waals surface area (Å²) < 4.78 is 84.5. The Kier molecular flexibility index (Phi) is 13.3. The molecule has 39 heavy (non-hydrogen) atoms. The lowest BCUT2D eigenvalue weighted by molar-refractivity contribution is -0.0526. The van der Waals surface area contributed by atoms with Crippen molar-refractivity contribution in [1.29, 1.82) is 0 Å². The Hall–Kier alpha value is -1.08. The van der Waals surface area contributed by atoms with Crippen LogP contribution in [0.25, 0.3) is 0 Å². The predicted molar refractivity (Wildman–Crippen MR) is 149 cm³/mol. The Morgan fingerprint density at radius 1 is 0.846 bits per heavy atom. The second-order valence-corrected chi connectivity index (χ2v) is 13.5. The van der Waals surface area contributed by atoms with Crippen molar-refractivity contribution in [2.75, 3.05) is 27.4 Å². The van der Waals surface area contributed by atoms with Crippen LogP contribution in [-0.4, -0.2) is 59.7 Å². The molecule has 1 saturated heterocycles. The van der Waals surface area contributed by atoms with Crippen molar-refractivity contribution in [2.45, 2.75) is 112 Å². The van der Waals surface area contributed by atoms with Crippen LogP contribution >= 0.6 is 0 Å². The van der Waals surface area contributed by atoms with Gasteiger partial charge in [0.15, 0.2) is 0 Å². The summed E-state index contributed by atoms with van der Waals surface area (Å²) in [5.41, 5.74) is -4.50. The number of allylic oxidation sites excluding steroid dienone is 4.